The van der Waals surface area contributed by atoms with E-state index in [1.807, 2.05) is 13.1 Å². The molecular formula is C15H23ClN2. The predicted molar refractivity (Wildman–Crippen MR) is 79.8 cm³/mol. The van der Waals surface area contributed by atoms with E-state index in [0.29, 0.717) is 18.0 Å². The van der Waals surface area contributed by atoms with Crippen LogP contribution in [0.1, 0.15) is 38.7 Å². The zero-order valence-electron chi connectivity index (χ0n) is 11.7. The molecule has 0 radical (unpaired) electrons. The van der Waals surface area contributed by atoms with E-state index in [1.165, 1.54) is 11.3 Å². The Morgan fingerprint density at radius 3 is 2.72 bits per heavy atom. The van der Waals surface area contributed by atoms with Crippen LogP contribution in [0.4, 0.5) is 5.69 Å². The minimum absolute atomic E-state index is 0.520. The summed E-state index contributed by atoms with van der Waals surface area (Å²) in [4.78, 5) is 2.47. The summed E-state index contributed by atoms with van der Waals surface area (Å²) in [6.07, 6.45) is 1.14. The molecule has 0 saturated carbocycles. The first-order valence-electron chi connectivity index (χ1n) is 6.77. The molecule has 2 atom stereocenters. The average molecular weight is 267 g/mol. The maximum atomic E-state index is 6.41. The summed E-state index contributed by atoms with van der Waals surface area (Å²) in [5.74, 6) is 0.540. The number of anilines is 1. The molecule has 1 aliphatic heterocycles. The normalized spacial score (nSPS) is 20.3. The molecule has 18 heavy (non-hydrogen) atoms. The second-order valence-electron chi connectivity index (χ2n) is 5.54. The summed E-state index contributed by atoms with van der Waals surface area (Å²) in [5, 5.41) is 4.24. The van der Waals surface area contributed by atoms with Crippen molar-refractivity contribution >= 4 is 17.3 Å². The third-order valence-corrected chi connectivity index (χ3v) is 4.25. The Morgan fingerprint density at radius 1 is 1.39 bits per heavy atom. The number of benzene rings is 1. The summed E-state index contributed by atoms with van der Waals surface area (Å²) in [5.41, 5.74) is 2.67. The largest absolute Gasteiger partial charge is 0.368 e. The highest BCUT2D eigenvalue weighted by molar-refractivity contribution is 6.32. The average Bonchev–Trinajstić information content (AvgIpc) is 2.69. The van der Waals surface area contributed by atoms with Gasteiger partial charge in [0.1, 0.15) is 0 Å². The Morgan fingerprint density at radius 2 is 2.11 bits per heavy atom. The van der Waals surface area contributed by atoms with Crippen molar-refractivity contribution in [3.63, 3.8) is 0 Å². The predicted octanol–water partition coefficient (Wildman–Crippen LogP) is 3.65. The maximum absolute atomic E-state index is 6.41. The number of halogens is 1. The molecule has 0 saturated heterocycles. The summed E-state index contributed by atoms with van der Waals surface area (Å²) in [7, 11) is 2.02. The van der Waals surface area contributed by atoms with E-state index >= 15 is 0 Å². The van der Waals surface area contributed by atoms with Gasteiger partial charge in [0.15, 0.2) is 0 Å². The van der Waals surface area contributed by atoms with Gasteiger partial charge in [-0.25, -0.2) is 0 Å². The van der Waals surface area contributed by atoms with Gasteiger partial charge >= 0.3 is 0 Å². The van der Waals surface area contributed by atoms with Crippen LogP contribution in [-0.4, -0.2) is 25.7 Å². The van der Waals surface area contributed by atoms with Gasteiger partial charge in [-0.3, -0.25) is 0 Å². The quantitative estimate of drug-likeness (QED) is 0.895. The maximum Gasteiger partial charge on any atom is 0.0462 e. The van der Waals surface area contributed by atoms with Crippen molar-refractivity contribution in [1.29, 1.82) is 0 Å². The topological polar surface area (TPSA) is 15.3 Å². The molecule has 0 spiro atoms. The highest BCUT2D eigenvalue weighted by atomic mass is 35.5. The number of nitrogens with zero attached hydrogens (tertiary/aromatic N) is 1. The van der Waals surface area contributed by atoms with Gasteiger partial charge in [0.25, 0.3) is 0 Å². The first-order valence-corrected chi connectivity index (χ1v) is 7.14. The molecule has 0 amide bonds. The SMILES string of the molecule is CNC(C)CC1CN(C(C)C)c2cccc(Cl)c21. The van der Waals surface area contributed by atoms with Crippen LogP contribution < -0.4 is 10.2 Å². The lowest BCUT2D eigenvalue weighted by molar-refractivity contribution is 0.499. The van der Waals surface area contributed by atoms with Crippen LogP contribution >= 0.6 is 11.6 Å². The highest BCUT2D eigenvalue weighted by Gasteiger charge is 2.32. The number of hydrogen-bond donors (Lipinski definition) is 1. The van der Waals surface area contributed by atoms with Crippen LogP contribution in [0.2, 0.25) is 5.02 Å². The first-order chi connectivity index (χ1) is 8.54. The Balaban J connectivity index is 2.32. The van der Waals surface area contributed by atoms with Gasteiger partial charge in [0.2, 0.25) is 0 Å². The fourth-order valence-electron chi connectivity index (χ4n) is 2.83. The first kappa shape index (κ1) is 13.7. The zero-order chi connectivity index (χ0) is 13.3. The Kier molecular flexibility index (Phi) is 4.18. The summed E-state index contributed by atoms with van der Waals surface area (Å²) in [6, 6.07) is 7.32. The van der Waals surface area contributed by atoms with E-state index in [2.05, 4.69) is 43.1 Å². The summed E-state index contributed by atoms with van der Waals surface area (Å²) >= 11 is 6.41. The van der Waals surface area contributed by atoms with Gasteiger partial charge in [-0.1, -0.05) is 17.7 Å². The van der Waals surface area contributed by atoms with E-state index in [0.717, 1.165) is 18.0 Å². The lowest BCUT2D eigenvalue weighted by Gasteiger charge is -2.25. The van der Waals surface area contributed by atoms with Crippen LogP contribution in [0.15, 0.2) is 18.2 Å². The third-order valence-electron chi connectivity index (χ3n) is 3.92. The number of rotatable bonds is 4. The standard InChI is InChI=1S/C15H23ClN2/c1-10(2)18-9-12(8-11(3)17-4)15-13(16)6-5-7-14(15)18/h5-7,10-12,17H,8-9H2,1-4H3. The van der Waals surface area contributed by atoms with E-state index in [-0.39, 0.29) is 0 Å². The van der Waals surface area contributed by atoms with Crippen LogP contribution in [0.25, 0.3) is 0 Å². The van der Waals surface area contributed by atoms with Crippen LogP contribution in [0.3, 0.4) is 0 Å². The molecular weight excluding hydrogens is 244 g/mol. The molecule has 2 rings (SSSR count). The highest BCUT2D eigenvalue weighted by Crippen LogP contribution is 2.43. The van der Waals surface area contributed by atoms with Gasteiger partial charge in [-0.2, -0.15) is 0 Å². The molecule has 0 fully saturated rings. The fourth-order valence-corrected chi connectivity index (χ4v) is 3.16. The van der Waals surface area contributed by atoms with Crippen molar-refractivity contribution < 1.29 is 0 Å². The molecule has 100 valence electrons. The van der Waals surface area contributed by atoms with E-state index < -0.39 is 0 Å². The molecule has 2 unspecified atom stereocenters. The molecule has 0 aromatic heterocycles. The van der Waals surface area contributed by atoms with Gasteiger partial charge in [0, 0.05) is 35.3 Å². The number of nitrogens with one attached hydrogen (secondary N) is 1. The van der Waals surface area contributed by atoms with Crippen molar-refractivity contribution in [1.82, 2.24) is 5.32 Å². The van der Waals surface area contributed by atoms with Crippen LogP contribution in [0, 0.1) is 0 Å². The smallest absolute Gasteiger partial charge is 0.0462 e. The Bertz CT molecular complexity index is 417. The molecule has 1 aromatic rings. The molecule has 0 aliphatic carbocycles. The Hall–Kier alpha value is -0.730. The van der Waals surface area contributed by atoms with Crippen LogP contribution in [-0.2, 0) is 0 Å². The third kappa shape index (κ3) is 2.50. The molecule has 2 nitrogen and oxygen atoms in total. The lowest BCUT2D eigenvalue weighted by Crippen LogP contribution is -2.31. The van der Waals surface area contributed by atoms with E-state index in [9.17, 15) is 0 Å². The van der Waals surface area contributed by atoms with Gasteiger partial charge in [-0.15, -0.1) is 0 Å². The van der Waals surface area contributed by atoms with Gasteiger partial charge in [0.05, 0.1) is 0 Å². The molecule has 3 heteroatoms. The lowest BCUT2D eigenvalue weighted by atomic mass is 9.94. The van der Waals surface area contributed by atoms with Crippen molar-refractivity contribution in [2.75, 3.05) is 18.5 Å². The van der Waals surface area contributed by atoms with E-state index in [1.54, 1.807) is 0 Å². The van der Waals surface area contributed by atoms with Crippen molar-refractivity contribution in [2.45, 2.75) is 45.2 Å². The van der Waals surface area contributed by atoms with E-state index in [4.69, 9.17) is 11.6 Å². The summed E-state index contributed by atoms with van der Waals surface area (Å²) < 4.78 is 0. The van der Waals surface area contributed by atoms with Crippen molar-refractivity contribution in [3.05, 3.63) is 28.8 Å². The zero-order valence-corrected chi connectivity index (χ0v) is 12.5. The molecule has 1 N–H and O–H groups in total. The second kappa shape index (κ2) is 5.50. The van der Waals surface area contributed by atoms with Crippen molar-refractivity contribution in [2.24, 2.45) is 0 Å². The second-order valence-corrected chi connectivity index (χ2v) is 5.95. The monoisotopic (exact) mass is 266 g/mol. The number of fused-ring (bicyclic) bond motifs is 1. The molecule has 1 heterocycles. The van der Waals surface area contributed by atoms with Crippen molar-refractivity contribution in [3.8, 4) is 0 Å². The summed E-state index contributed by atoms with van der Waals surface area (Å²) in [6.45, 7) is 7.81. The van der Waals surface area contributed by atoms with Crippen LogP contribution in [0.5, 0.6) is 0 Å². The minimum Gasteiger partial charge on any atom is -0.368 e. The van der Waals surface area contributed by atoms with Gasteiger partial charge < -0.3 is 10.2 Å². The van der Waals surface area contributed by atoms with Gasteiger partial charge in [-0.05, 0) is 51.9 Å². The minimum atomic E-state index is 0.520. The molecule has 1 aromatic carbocycles. The number of hydrogen-bond acceptors (Lipinski definition) is 2. The fraction of sp³-hybridized carbons (Fsp3) is 0.600. The molecule has 1 aliphatic rings. The Labute approximate surface area is 115 Å². The molecule has 0 bridgehead atoms.